The number of piperidine rings is 3. The summed E-state index contributed by atoms with van der Waals surface area (Å²) in [6, 6.07) is 8.54. The Labute approximate surface area is 132 Å². The Kier molecular flexibility index (Phi) is 3.57. The van der Waals surface area contributed by atoms with Crippen LogP contribution in [0.25, 0.3) is 0 Å². The molecule has 4 heterocycles. The fourth-order valence-corrected chi connectivity index (χ4v) is 4.26. The molecule has 0 spiro atoms. The predicted octanol–water partition coefficient (Wildman–Crippen LogP) is 2.84. The zero-order valence-corrected chi connectivity index (χ0v) is 13.2. The fraction of sp³-hybridized carbons (Fsp3) is 0.611. The average molecular weight is 300 g/mol. The quantitative estimate of drug-likeness (QED) is 0.799. The van der Waals surface area contributed by atoms with E-state index in [0.717, 1.165) is 19.5 Å². The molecular weight excluding hydrogens is 276 g/mol. The van der Waals surface area contributed by atoms with Gasteiger partial charge in [0.25, 0.3) is 0 Å². The molecule has 4 heteroatoms. The Morgan fingerprint density at radius 1 is 1.18 bits per heavy atom. The van der Waals surface area contributed by atoms with Crippen LogP contribution in [0.1, 0.15) is 36.9 Å². The summed E-state index contributed by atoms with van der Waals surface area (Å²) in [4.78, 5) is 17.0. The number of nitrogens with zero attached hydrogens (tertiary/aromatic N) is 2. The zero-order valence-electron chi connectivity index (χ0n) is 13.2. The largest absolute Gasteiger partial charge is 0.444 e. The molecule has 4 nitrogen and oxygen atoms in total. The van der Waals surface area contributed by atoms with Gasteiger partial charge in [0.2, 0.25) is 0 Å². The van der Waals surface area contributed by atoms with Crippen LogP contribution in [-0.2, 0) is 11.2 Å². The minimum atomic E-state index is -0.124. The number of amides is 1. The van der Waals surface area contributed by atoms with E-state index < -0.39 is 0 Å². The summed E-state index contributed by atoms with van der Waals surface area (Å²) in [6.45, 7) is 6.14. The Morgan fingerprint density at radius 3 is 2.68 bits per heavy atom. The van der Waals surface area contributed by atoms with Crippen molar-refractivity contribution in [3.63, 3.8) is 0 Å². The molecular formula is C18H24N2O2. The number of fused-ring (bicyclic) bond motifs is 4. The second-order valence-electron chi connectivity index (χ2n) is 6.88. The second-order valence-corrected chi connectivity index (χ2v) is 6.88. The van der Waals surface area contributed by atoms with Gasteiger partial charge in [-0.25, -0.2) is 4.79 Å². The summed E-state index contributed by atoms with van der Waals surface area (Å²) in [7, 11) is 0. The van der Waals surface area contributed by atoms with E-state index in [1.165, 1.54) is 37.1 Å². The summed E-state index contributed by atoms with van der Waals surface area (Å²) in [5.41, 5.74) is 2.63. The molecule has 0 saturated carbocycles. The third kappa shape index (κ3) is 2.39. The third-order valence-corrected chi connectivity index (χ3v) is 5.68. The Balaban J connectivity index is 1.45. The van der Waals surface area contributed by atoms with Gasteiger partial charge in [-0.3, -0.25) is 4.90 Å². The molecule has 1 unspecified atom stereocenters. The summed E-state index contributed by atoms with van der Waals surface area (Å²) in [5.74, 6) is 0.571. The van der Waals surface area contributed by atoms with Crippen LogP contribution in [0.5, 0.6) is 0 Å². The topological polar surface area (TPSA) is 32.8 Å². The number of benzene rings is 1. The minimum absolute atomic E-state index is 0.0966. The first-order chi connectivity index (χ1) is 10.7. The van der Waals surface area contributed by atoms with E-state index in [0.29, 0.717) is 5.92 Å². The van der Waals surface area contributed by atoms with Crippen molar-refractivity contribution in [1.29, 1.82) is 0 Å². The van der Waals surface area contributed by atoms with Gasteiger partial charge >= 0.3 is 6.09 Å². The highest BCUT2D eigenvalue weighted by atomic mass is 16.6. The van der Waals surface area contributed by atoms with E-state index >= 15 is 0 Å². The molecule has 1 amide bonds. The summed E-state index contributed by atoms with van der Waals surface area (Å²) in [5, 5.41) is 0. The van der Waals surface area contributed by atoms with Crippen molar-refractivity contribution >= 4 is 6.09 Å². The van der Waals surface area contributed by atoms with Crippen molar-refractivity contribution in [2.45, 2.75) is 38.3 Å². The summed E-state index contributed by atoms with van der Waals surface area (Å²) < 4.78 is 5.90. The molecule has 5 rings (SSSR count). The average Bonchev–Trinajstić information content (AvgIpc) is 2.56. The van der Waals surface area contributed by atoms with Gasteiger partial charge in [-0.05, 0) is 56.3 Å². The molecule has 118 valence electrons. The minimum Gasteiger partial charge on any atom is -0.444 e. The van der Waals surface area contributed by atoms with Gasteiger partial charge in [0.1, 0.15) is 6.10 Å². The first-order valence-electron chi connectivity index (χ1n) is 8.50. The van der Waals surface area contributed by atoms with Crippen molar-refractivity contribution in [2.75, 3.05) is 26.2 Å². The lowest BCUT2D eigenvalue weighted by Crippen LogP contribution is -2.53. The molecule has 2 atom stereocenters. The SMILES string of the molecule is C[C@@H]1c2ccccc2CCN1C(=O)OC1CN2CCC1CC2. The van der Waals surface area contributed by atoms with Gasteiger partial charge in [-0.15, -0.1) is 0 Å². The third-order valence-electron chi connectivity index (χ3n) is 5.68. The molecule has 2 bridgehead atoms. The Morgan fingerprint density at radius 2 is 1.95 bits per heavy atom. The number of carbonyl (C=O) groups excluding carboxylic acids is 1. The van der Waals surface area contributed by atoms with Gasteiger partial charge in [0.15, 0.2) is 0 Å². The second kappa shape index (κ2) is 5.58. The maximum Gasteiger partial charge on any atom is 0.410 e. The van der Waals surface area contributed by atoms with Gasteiger partial charge in [0, 0.05) is 13.1 Å². The maximum atomic E-state index is 12.6. The van der Waals surface area contributed by atoms with Crippen LogP contribution in [0, 0.1) is 5.92 Å². The molecule has 0 aromatic heterocycles. The van der Waals surface area contributed by atoms with Crippen LogP contribution >= 0.6 is 0 Å². The lowest BCUT2D eigenvalue weighted by Gasteiger charge is -2.45. The number of carbonyl (C=O) groups is 1. The molecule has 0 radical (unpaired) electrons. The van der Waals surface area contributed by atoms with E-state index in [-0.39, 0.29) is 18.2 Å². The normalized spacial score (nSPS) is 33.4. The molecule has 0 aliphatic carbocycles. The lowest BCUT2D eigenvalue weighted by molar-refractivity contribution is -0.0469. The standard InChI is InChI=1S/C18H24N2O2/c1-13-16-5-3-2-4-14(16)8-11-20(13)18(21)22-17-12-19-9-6-15(17)7-10-19/h2-5,13,15,17H,6-12H2,1H3/t13-,17?/m1/s1. The Hall–Kier alpha value is -1.55. The van der Waals surface area contributed by atoms with Crippen molar-refractivity contribution in [1.82, 2.24) is 9.80 Å². The van der Waals surface area contributed by atoms with E-state index in [2.05, 4.69) is 36.1 Å². The lowest BCUT2D eigenvalue weighted by atomic mass is 9.86. The molecule has 1 aromatic rings. The molecule has 0 N–H and O–H groups in total. The smallest absolute Gasteiger partial charge is 0.410 e. The Bertz CT molecular complexity index is 566. The molecule has 4 aliphatic heterocycles. The van der Waals surface area contributed by atoms with Crippen LogP contribution in [0.3, 0.4) is 0 Å². The number of hydrogen-bond acceptors (Lipinski definition) is 3. The van der Waals surface area contributed by atoms with Gasteiger partial charge in [0.05, 0.1) is 6.04 Å². The molecule has 22 heavy (non-hydrogen) atoms. The summed E-state index contributed by atoms with van der Waals surface area (Å²) >= 11 is 0. The fourth-order valence-electron chi connectivity index (χ4n) is 4.26. The van der Waals surface area contributed by atoms with Crippen molar-refractivity contribution in [3.8, 4) is 0 Å². The van der Waals surface area contributed by atoms with Gasteiger partial charge in [-0.2, -0.15) is 0 Å². The monoisotopic (exact) mass is 300 g/mol. The van der Waals surface area contributed by atoms with Crippen LogP contribution in [0.15, 0.2) is 24.3 Å². The van der Waals surface area contributed by atoms with E-state index in [9.17, 15) is 4.79 Å². The van der Waals surface area contributed by atoms with Gasteiger partial charge in [-0.1, -0.05) is 24.3 Å². The first kappa shape index (κ1) is 14.1. The highest BCUT2D eigenvalue weighted by molar-refractivity contribution is 5.69. The number of hydrogen-bond donors (Lipinski definition) is 0. The summed E-state index contributed by atoms with van der Waals surface area (Å²) in [6.07, 6.45) is 3.25. The predicted molar refractivity (Wildman–Crippen MR) is 84.7 cm³/mol. The van der Waals surface area contributed by atoms with Gasteiger partial charge < -0.3 is 9.64 Å². The van der Waals surface area contributed by atoms with Crippen molar-refractivity contribution in [2.24, 2.45) is 5.92 Å². The van der Waals surface area contributed by atoms with E-state index in [1.54, 1.807) is 0 Å². The number of ether oxygens (including phenoxy) is 1. The molecule has 4 aliphatic rings. The maximum absolute atomic E-state index is 12.6. The molecule has 3 fully saturated rings. The van der Waals surface area contributed by atoms with Crippen LogP contribution < -0.4 is 0 Å². The van der Waals surface area contributed by atoms with Crippen LogP contribution in [-0.4, -0.2) is 48.2 Å². The zero-order chi connectivity index (χ0) is 15.1. The van der Waals surface area contributed by atoms with E-state index in [1.807, 2.05) is 4.90 Å². The first-order valence-corrected chi connectivity index (χ1v) is 8.50. The van der Waals surface area contributed by atoms with Crippen LogP contribution in [0.2, 0.25) is 0 Å². The van der Waals surface area contributed by atoms with E-state index in [4.69, 9.17) is 4.74 Å². The molecule has 1 aromatic carbocycles. The highest BCUT2D eigenvalue weighted by Gasteiger charge is 2.38. The highest BCUT2D eigenvalue weighted by Crippen LogP contribution is 2.33. The van der Waals surface area contributed by atoms with Crippen molar-refractivity contribution in [3.05, 3.63) is 35.4 Å². The number of rotatable bonds is 1. The van der Waals surface area contributed by atoms with Crippen molar-refractivity contribution < 1.29 is 9.53 Å². The van der Waals surface area contributed by atoms with Crippen LogP contribution in [0.4, 0.5) is 4.79 Å². The molecule has 3 saturated heterocycles.